The summed E-state index contributed by atoms with van der Waals surface area (Å²) < 4.78 is 0. The SMILES string of the molecule is CCc1cc(/C(N)=N/O)ccc1NC=O. The van der Waals surface area contributed by atoms with Gasteiger partial charge in [0.05, 0.1) is 0 Å². The Bertz CT molecular complexity index is 388. The van der Waals surface area contributed by atoms with Gasteiger partial charge in [0.25, 0.3) is 0 Å². The third-order valence-corrected chi connectivity index (χ3v) is 2.10. The zero-order valence-electron chi connectivity index (χ0n) is 8.40. The number of anilines is 1. The number of nitrogens with two attached hydrogens (primary N) is 1. The van der Waals surface area contributed by atoms with Gasteiger partial charge < -0.3 is 16.3 Å². The summed E-state index contributed by atoms with van der Waals surface area (Å²) in [5.41, 5.74) is 7.76. The topological polar surface area (TPSA) is 87.7 Å². The highest BCUT2D eigenvalue weighted by atomic mass is 16.4. The van der Waals surface area contributed by atoms with Crippen molar-refractivity contribution in [2.24, 2.45) is 10.9 Å². The number of carbonyl (C=O) groups is 1. The second-order valence-corrected chi connectivity index (χ2v) is 2.97. The molecule has 1 amide bonds. The fourth-order valence-corrected chi connectivity index (χ4v) is 1.31. The third kappa shape index (κ3) is 2.46. The lowest BCUT2D eigenvalue weighted by Crippen LogP contribution is -2.13. The van der Waals surface area contributed by atoms with Crippen LogP contribution in [0.25, 0.3) is 0 Å². The van der Waals surface area contributed by atoms with Crippen molar-refractivity contribution in [3.63, 3.8) is 0 Å². The molecule has 0 saturated carbocycles. The molecule has 5 heteroatoms. The Hall–Kier alpha value is -2.04. The van der Waals surface area contributed by atoms with Crippen LogP contribution >= 0.6 is 0 Å². The minimum absolute atomic E-state index is 0.0577. The van der Waals surface area contributed by atoms with E-state index in [1.54, 1.807) is 18.2 Å². The number of aryl methyl sites for hydroxylation is 1. The van der Waals surface area contributed by atoms with E-state index in [1.807, 2.05) is 6.92 Å². The molecule has 0 heterocycles. The smallest absolute Gasteiger partial charge is 0.211 e. The standard InChI is InChI=1S/C10H13N3O2/c1-2-7-5-8(10(11)13-15)3-4-9(7)12-6-14/h3-6,15H,2H2,1H3,(H2,11,13)(H,12,14). The van der Waals surface area contributed by atoms with E-state index in [4.69, 9.17) is 10.9 Å². The highest BCUT2D eigenvalue weighted by Crippen LogP contribution is 2.17. The number of nitrogens with zero attached hydrogens (tertiary/aromatic N) is 1. The number of carbonyl (C=O) groups excluding carboxylic acids is 1. The molecular formula is C10H13N3O2. The third-order valence-electron chi connectivity index (χ3n) is 2.10. The van der Waals surface area contributed by atoms with E-state index in [9.17, 15) is 4.79 Å². The molecule has 1 rings (SSSR count). The predicted molar refractivity (Wildman–Crippen MR) is 58.0 cm³/mol. The van der Waals surface area contributed by atoms with Gasteiger partial charge >= 0.3 is 0 Å². The maximum absolute atomic E-state index is 10.3. The number of oxime groups is 1. The summed E-state index contributed by atoms with van der Waals surface area (Å²) in [6, 6.07) is 5.18. The summed E-state index contributed by atoms with van der Waals surface area (Å²) >= 11 is 0. The van der Waals surface area contributed by atoms with Gasteiger partial charge in [-0.2, -0.15) is 0 Å². The minimum atomic E-state index is 0.0577. The first-order chi connectivity index (χ1) is 7.22. The fraction of sp³-hybridized carbons (Fsp3) is 0.200. The second kappa shape index (κ2) is 4.99. The number of amides is 1. The van der Waals surface area contributed by atoms with Crippen LogP contribution in [0.3, 0.4) is 0 Å². The molecule has 80 valence electrons. The number of nitrogens with one attached hydrogen (secondary N) is 1. The van der Waals surface area contributed by atoms with Gasteiger partial charge in [-0.05, 0) is 30.2 Å². The molecule has 1 aromatic carbocycles. The molecule has 15 heavy (non-hydrogen) atoms. The Kier molecular flexibility index (Phi) is 3.68. The van der Waals surface area contributed by atoms with Gasteiger partial charge in [-0.3, -0.25) is 4.79 Å². The van der Waals surface area contributed by atoms with Gasteiger partial charge in [0.15, 0.2) is 5.84 Å². The predicted octanol–water partition coefficient (Wildman–Crippen LogP) is 0.912. The number of hydrogen-bond acceptors (Lipinski definition) is 3. The summed E-state index contributed by atoms with van der Waals surface area (Å²) in [7, 11) is 0. The molecule has 5 nitrogen and oxygen atoms in total. The number of hydrogen-bond donors (Lipinski definition) is 3. The van der Waals surface area contributed by atoms with Gasteiger partial charge in [-0.15, -0.1) is 0 Å². The first kappa shape index (κ1) is 11.0. The summed E-state index contributed by atoms with van der Waals surface area (Å²) in [6.07, 6.45) is 1.38. The highest BCUT2D eigenvalue weighted by molar-refractivity contribution is 5.97. The van der Waals surface area contributed by atoms with Gasteiger partial charge in [-0.1, -0.05) is 12.1 Å². The minimum Gasteiger partial charge on any atom is -0.409 e. The van der Waals surface area contributed by atoms with Crippen molar-refractivity contribution in [3.05, 3.63) is 29.3 Å². The maximum atomic E-state index is 10.3. The van der Waals surface area contributed by atoms with Crippen molar-refractivity contribution in [1.29, 1.82) is 0 Å². The van der Waals surface area contributed by atoms with Crippen LogP contribution in [0.4, 0.5) is 5.69 Å². The van der Waals surface area contributed by atoms with Crippen molar-refractivity contribution in [1.82, 2.24) is 0 Å². The molecule has 0 bridgehead atoms. The lowest BCUT2D eigenvalue weighted by atomic mass is 10.1. The Morgan fingerprint density at radius 1 is 1.67 bits per heavy atom. The van der Waals surface area contributed by atoms with Gasteiger partial charge in [0.2, 0.25) is 6.41 Å². The van der Waals surface area contributed by atoms with E-state index in [1.165, 1.54) is 0 Å². The molecule has 0 atom stereocenters. The lowest BCUT2D eigenvalue weighted by Gasteiger charge is -2.08. The maximum Gasteiger partial charge on any atom is 0.211 e. The second-order valence-electron chi connectivity index (χ2n) is 2.97. The van der Waals surface area contributed by atoms with Crippen molar-refractivity contribution < 1.29 is 10.0 Å². The Morgan fingerprint density at radius 3 is 2.93 bits per heavy atom. The van der Waals surface area contributed by atoms with Crippen LogP contribution in [-0.4, -0.2) is 17.5 Å². The van der Waals surface area contributed by atoms with Crippen LogP contribution in [0, 0.1) is 0 Å². The normalized spacial score (nSPS) is 11.1. The van der Waals surface area contributed by atoms with Crippen LogP contribution in [0.15, 0.2) is 23.4 Å². The zero-order chi connectivity index (χ0) is 11.3. The van der Waals surface area contributed by atoms with E-state index in [0.717, 1.165) is 17.7 Å². The Labute approximate surface area is 87.6 Å². The van der Waals surface area contributed by atoms with Crippen LogP contribution in [0.5, 0.6) is 0 Å². The fourth-order valence-electron chi connectivity index (χ4n) is 1.31. The molecule has 0 fully saturated rings. The molecule has 0 aliphatic heterocycles. The van der Waals surface area contributed by atoms with Crippen molar-refractivity contribution >= 4 is 17.9 Å². The molecule has 4 N–H and O–H groups in total. The molecule has 0 aromatic heterocycles. The van der Waals surface area contributed by atoms with Crippen molar-refractivity contribution in [2.45, 2.75) is 13.3 Å². The number of rotatable bonds is 4. The molecule has 0 spiro atoms. The van der Waals surface area contributed by atoms with E-state index in [0.29, 0.717) is 12.0 Å². The first-order valence-electron chi connectivity index (χ1n) is 4.54. The van der Waals surface area contributed by atoms with Crippen molar-refractivity contribution in [2.75, 3.05) is 5.32 Å². The van der Waals surface area contributed by atoms with Crippen LogP contribution < -0.4 is 11.1 Å². The van der Waals surface area contributed by atoms with Gasteiger partial charge in [-0.25, -0.2) is 0 Å². The first-order valence-corrected chi connectivity index (χ1v) is 4.54. The summed E-state index contributed by atoms with van der Waals surface area (Å²) in [5.74, 6) is 0.0577. The molecule has 1 aromatic rings. The van der Waals surface area contributed by atoms with E-state index in [2.05, 4.69) is 10.5 Å². The monoisotopic (exact) mass is 207 g/mol. The Balaban J connectivity index is 3.12. The number of amidine groups is 1. The summed E-state index contributed by atoms with van der Waals surface area (Å²) in [6.45, 7) is 1.96. The quantitative estimate of drug-likeness (QED) is 0.225. The largest absolute Gasteiger partial charge is 0.409 e. The average Bonchev–Trinajstić information content (AvgIpc) is 2.29. The van der Waals surface area contributed by atoms with Gasteiger partial charge in [0, 0.05) is 11.3 Å². The molecule has 0 radical (unpaired) electrons. The number of benzene rings is 1. The molecule has 0 saturated heterocycles. The van der Waals surface area contributed by atoms with Crippen molar-refractivity contribution in [3.8, 4) is 0 Å². The van der Waals surface area contributed by atoms with E-state index in [-0.39, 0.29) is 5.84 Å². The molecule has 0 aliphatic rings. The van der Waals surface area contributed by atoms with Crippen LogP contribution in [-0.2, 0) is 11.2 Å². The average molecular weight is 207 g/mol. The van der Waals surface area contributed by atoms with E-state index >= 15 is 0 Å². The molecule has 0 aliphatic carbocycles. The Morgan fingerprint density at radius 2 is 2.40 bits per heavy atom. The zero-order valence-corrected chi connectivity index (χ0v) is 8.40. The molecule has 0 unspecified atom stereocenters. The molecular weight excluding hydrogens is 194 g/mol. The highest BCUT2D eigenvalue weighted by Gasteiger charge is 2.04. The van der Waals surface area contributed by atoms with Gasteiger partial charge in [0.1, 0.15) is 0 Å². The lowest BCUT2D eigenvalue weighted by molar-refractivity contribution is -0.105. The van der Waals surface area contributed by atoms with Crippen LogP contribution in [0.1, 0.15) is 18.1 Å². The van der Waals surface area contributed by atoms with E-state index < -0.39 is 0 Å². The van der Waals surface area contributed by atoms with Crippen LogP contribution in [0.2, 0.25) is 0 Å². The summed E-state index contributed by atoms with van der Waals surface area (Å²) in [4.78, 5) is 10.3. The summed E-state index contributed by atoms with van der Waals surface area (Å²) in [5, 5.41) is 14.0.